The van der Waals surface area contributed by atoms with E-state index < -0.39 is 12.1 Å². The van der Waals surface area contributed by atoms with Gasteiger partial charge in [-0.05, 0) is 30.7 Å². The number of aromatic nitrogens is 1. The molecule has 130 valence electrons. The van der Waals surface area contributed by atoms with Gasteiger partial charge in [-0.1, -0.05) is 52.9 Å². The molecule has 5 nitrogen and oxygen atoms in total. The van der Waals surface area contributed by atoms with Crippen LogP contribution in [-0.2, 0) is 4.79 Å². The van der Waals surface area contributed by atoms with Crippen LogP contribution in [0.3, 0.4) is 0 Å². The van der Waals surface area contributed by atoms with E-state index in [9.17, 15) is 9.90 Å². The molecule has 1 heterocycles. The Bertz CT molecular complexity index is 954. The molecule has 0 aliphatic rings. The summed E-state index contributed by atoms with van der Waals surface area (Å²) in [5.41, 5.74) is 1.53. The quantitative estimate of drug-likeness (QED) is 0.637. The van der Waals surface area contributed by atoms with Crippen molar-refractivity contribution in [3.63, 3.8) is 0 Å². The Morgan fingerprint density at radius 2 is 2.00 bits per heavy atom. The Hall–Kier alpha value is -1.95. The molecule has 8 heteroatoms. The largest absolute Gasteiger partial charge is 0.546 e. The number of hydrogen-bond donors (Lipinski definition) is 0. The summed E-state index contributed by atoms with van der Waals surface area (Å²) in [5, 5.41) is 16.6. The van der Waals surface area contributed by atoms with Crippen LogP contribution in [0.4, 0.5) is 0 Å². The first-order valence-electron chi connectivity index (χ1n) is 7.33. The first kappa shape index (κ1) is 17.9. The molecule has 1 atom stereocenters. The molecule has 2 aromatic carbocycles. The van der Waals surface area contributed by atoms with Crippen molar-refractivity contribution in [2.75, 3.05) is 0 Å². The first-order valence-corrected chi connectivity index (χ1v) is 8.46. The van der Waals surface area contributed by atoms with Crippen molar-refractivity contribution in [2.24, 2.45) is 0 Å². The molecule has 0 fully saturated rings. The summed E-state index contributed by atoms with van der Waals surface area (Å²) in [6.07, 6.45) is -0.867. The monoisotopic (exact) mass is 398 g/mol. The third kappa shape index (κ3) is 3.40. The molecule has 0 aliphatic carbocycles. The number of rotatable bonds is 5. The fraction of sp³-hybridized carbons (Fsp3) is 0.176. The second kappa shape index (κ2) is 7.12. The normalized spacial score (nSPS) is 12.3. The average molecular weight is 400 g/mol. The van der Waals surface area contributed by atoms with Crippen LogP contribution in [0.2, 0.25) is 15.1 Å². The van der Waals surface area contributed by atoms with Gasteiger partial charge in [-0.2, -0.15) is 0 Å². The molecule has 0 amide bonds. The van der Waals surface area contributed by atoms with Crippen LogP contribution < -0.4 is 9.84 Å². The Labute approximate surface area is 158 Å². The summed E-state index contributed by atoms with van der Waals surface area (Å²) in [6.45, 7) is 1.67. The lowest BCUT2D eigenvalue weighted by Crippen LogP contribution is -2.39. The third-order valence-electron chi connectivity index (χ3n) is 3.64. The van der Waals surface area contributed by atoms with Crippen LogP contribution >= 0.6 is 34.8 Å². The zero-order valence-electron chi connectivity index (χ0n) is 12.9. The molecule has 3 rings (SSSR count). The zero-order valence-corrected chi connectivity index (χ0v) is 15.2. The van der Waals surface area contributed by atoms with E-state index in [1.807, 2.05) is 0 Å². The van der Waals surface area contributed by atoms with Gasteiger partial charge in [0.2, 0.25) is 0 Å². The number of halogens is 3. The number of carbonyl (C=O) groups is 1. The fourth-order valence-electron chi connectivity index (χ4n) is 2.35. The number of benzene rings is 2. The maximum Gasteiger partial charge on any atom is 0.189 e. The molecule has 0 radical (unpaired) electrons. The van der Waals surface area contributed by atoms with Gasteiger partial charge in [0, 0.05) is 5.56 Å². The third-order valence-corrected chi connectivity index (χ3v) is 4.74. The highest BCUT2D eigenvalue weighted by molar-refractivity contribution is 6.42. The van der Waals surface area contributed by atoms with Crippen LogP contribution in [0.5, 0.6) is 5.75 Å². The number of carboxylic acid groups (broad SMARTS) is 1. The SMILES string of the molecule is CCC(Oc1ccc2c(-c3ccc(Cl)c(Cl)c3)noc2c1Cl)C(=O)[O-]. The van der Waals surface area contributed by atoms with Gasteiger partial charge in [-0.25, -0.2) is 0 Å². The van der Waals surface area contributed by atoms with E-state index in [2.05, 4.69) is 5.16 Å². The number of aliphatic carboxylic acids is 1. The van der Waals surface area contributed by atoms with Crippen molar-refractivity contribution in [3.05, 3.63) is 45.4 Å². The van der Waals surface area contributed by atoms with Gasteiger partial charge in [0.05, 0.1) is 21.4 Å². The van der Waals surface area contributed by atoms with E-state index in [0.717, 1.165) is 0 Å². The standard InChI is InChI=1S/C17H12Cl3NO4/c1-2-12(17(22)23)24-13-6-4-9-15(21-25-16(9)14(13)20)8-3-5-10(18)11(19)7-8/h3-7,12H,2H2,1H3,(H,22,23)/p-1. The smallest absolute Gasteiger partial charge is 0.189 e. The highest BCUT2D eigenvalue weighted by atomic mass is 35.5. The van der Waals surface area contributed by atoms with Crippen molar-refractivity contribution in [1.29, 1.82) is 0 Å². The summed E-state index contributed by atoms with van der Waals surface area (Å²) in [6, 6.07) is 8.33. The second-order valence-corrected chi connectivity index (χ2v) is 6.44. The van der Waals surface area contributed by atoms with Crippen molar-refractivity contribution in [3.8, 4) is 17.0 Å². The van der Waals surface area contributed by atoms with E-state index >= 15 is 0 Å². The average Bonchev–Trinajstić information content (AvgIpc) is 3.01. The van der Waals surface area contributed by atoms with Gasteiger partial charge in [0.15, 0.2) is 5.58 Å². The van der Waals surface area contributed by atoms with Gasteiger partial charge in [-0.3, -0.25) is 0 Å². The van der Waals surface area contributed by atoms with Gasteiger partial charge in [0.25, 0.3) is 0 Å². The van der Waals surface area contributed by atoms with Gasteiger partial charge < -0.3 is 19.2 Å². The summed E-state index contributed by atoms with van der Waals surface area (Å²) >= 11 is 18.3. The molecule has 0 saturated carbocycles. The lowest BCUT2D eigenvalue weighted by Gasteiger charge is -2.18. The van der Waals surface area contributed by atoms with Crippen LogP contribution in [-0.4, -0.2) is 17.2 Å². The van der Waals surface area contributed by atoms with Crippen LogP contribution in [0.15, 0.2) is 34.9 Å². The van der Waals surface area contributed by atoms with Crippen molar-refractivity contribution in [1.82, 2.24) is 5.16 Å². The topological polar surface area (TPSA) is 75.4 Å². The van der Waals surface area contributed by atoms with Gasteiger partial charge in [0.1, 0.15) is 22.6 Å². The number of carbonyl (C=O) groups excluding carboxylic acids is 1. The first-order chi connectivity index (χ1) is 11.9. The van der Waals surface area contributed by atoms with E-state index in [1.165, 1.54) is 0 Å². The molecular weight excluding hydrogens is 389 g/mol. The van der Waals surface area contributed by atoms with Crippen LogP contribution in [0, 0.1) is 0 Å². The molecule has 25 heavy (non-hydrogen) atoms. The summed E-state index contributed by atoms with van der Waals surface area (Å²) in [7, 11) is 0. The Morgan fingerprint density at radius 3 is 2.64 bits per heavy atom. The van der Waals surface area contributed by atoms with Gasteiger partial charge >= 0.3 is 0 Å². The number of ether oxygens (including phenoxy) is 1. The van der Waals surface area contributed by atoms with Crippen LogP contribution in [0.1, 0.15) is 13.3 Å². The molecule has 1 unspecified atom stereocenters. The summed E-state index contributed by atoms with van der Waals surface area (Å²) < 4.78 is 10.7. The lowest BCUT2D eigenvalue weighted by atomic mass is 10.1. The summed E-state index contributed by atoms with van der Waals surface area (Å²) in [5.74, 6) is -1.13. The van der Waals surface area contributed by atoms with E-state index in [0.29, 0.717) is 26.7 Å². The van der Waals surface area contributed by atoms with Crippen molar-refractivity contribution >= 4 is 51.7 Å². The highest BCUT2D eigenvalue weighted by Crippen LogP contribution is 2.39. The Balaban J connectivity index is 2.04. The second-order valence-electron chi connectivity index (χ2n) is 5.25. The molecule has 0 spiro atoms. The molecular formula is C17H11Cl3NO4-. The summed E-state index contributed by atoms with van der Waals surface area (Å²) in [4.78, 5) is 11.0. The van der Waals surface area contributed by atoms with Crippen LogP contribution in [0.25, 0.3) is 22.2 Å². The molecule has 1 aromatic heterocycles. The maximum atomic E-state index is 11.0. The molecule has 3 aromatic rings. The van der Waals surface area contributed by atoms with E-state index in [4.69, 9.17) is 44.1 Å². The zero-order chi connectivity index (χ0) is 18.1. The number of fused-ring (bicyclic) bond motifs is 1. The van der Waals surface area contributed by atoms with E-state index in [1.54, 1.807) is 37.3 Å². The van der Waals surface area contributed by atoms with Gasteiger partial charge in [-0.15, -0.1) is 0 Å². The maximum absolute atomic E-state index is 11.0. The minimum absolute atomic E-state index is 0.135. The highest BCUT2D eigenvalue weighted by Gasteiger charge is 2.19. The van der Waals surface area contributed by atoms with Crippen molar-refractivity contribution in [2.45, 2.75) is 19.4 Å². The minimum atomic E-state index is -1.31. The number of hydrogen-bond acceptors (Lipinski definition) is 5. The number of carboxylic acids is 1. The fourth-order valence-corrected chi connectivity index (χ4v) is 2.89. The molecule has 0 N–H and O–H groups in total. The minimum Gasteiger partial charge on any atom is -0.546 e. The van der Waals surface area contributed by atoms with E-state index in [-0.39, 0.29) is 22.8 Å². The predicted octanol–water partition coefficient (Wildman–Crippen LogP) is 4.36. The van der Waals surface area contributed by atoms with Crippen molar-refractivity contribution < 1.29 is 19.2 Å². The number of nitrogens with zero attached hydrogens (tertiary/aromatic N) is 1. The Kier molecular flexibility index (Phi) is 5.08. The molecule has 0 bridgehead atoms. The molecule has 0 saturated heterocycles. The Morgan fingerprint density at radius 1 is 1.24 bits per heavy atom. The lowest BCUT2D eigenvalue weighted by molar-refractivity contribution is -0.313. The molecule has 0 aliphatic heterocycles. The predicted molar refractivity (Wildman–Crippen MR) is 94.2 cm³/mol.